The third-order valence-electron chi connectivity index (χ3n) is 3.70. The standard InChI is InChI=1S/C14H22N2O2/c1-10(2)7-8-16-9-12(14(17)18)13(15-16)11-5-3-4-6-11/h9-11H,3-8H2,1-2H3,(H,17,18). The molecule has 0 amide bonds. The third kappa shape index (κ3) is 2.92. The Morgan fingerprint density at radius 3 is 2.72 bits per heavy atom. The van der Waals surface area contributed by atoms with E-state index in [1.807, 2.05) is 4.68 Å². The Kier molecular flexibility index (Phi) is 4.04. The van der Waals surface area contributed by atoms with Gasteiger partial charge in [0.2, 0.25) is 0 Å². The van der Waals surface area contributed by atoms with E-state index in [1.54, 1.807) is 6.20 Å². The van der Waals surface area contributed by atoms with Crippen LogP contribution in [0.25, 0.3) is 0 Å². The highest BCUT2D eigenvalue weighted by Crippen LogP contribution is 2.34. The molecule has 1 aromatic rings. The summed E-state index contributed by atoms with van der Waals surface area (Å²) in [6.45, 7) is 5.14. The van der Waals surface area contributed by atoms with Gasteiger partial charge in [-0.15, -0.1) is 0 Å². The predicted octanol–water partition coefficient (Wildman–Crippen LogP) is 3.29. The van der Waals surface area contributed by atoms with Gasteiger partial charge in [-0.05, 0) is 25.2 Å². The number of aryl methyl sites for hydroxylation is 1. The van der Waals surface area contributed by atoms with Crippen LogP contribution < -0.4 is 0 Å². The van der Waals surface area contributed by atoms with Crippen LogP contribution in [-0.2, 0) is 6.54 Å². The summed E-state index contributed by atoms with van der Waals surface area (Å²) >= 11 is 0. The molecule has 1 aliphatic rings. The van der Waals surface area contributed by atoms with Crippen molar-refractivity contribution < 1.29 is 9.90 Å². The van der Waals surface area contributed by atoms with E-state index in [0.717, 1.165) is 31.5 Å². The molecular weight excluding hydrogens is 228 g/mol. The summed E-state index contributed by atoms with van der Waals surface area (Å²) < 4.78 is 1.82. The molecule has 0 aromatic carbocycles. The minimum Gasteiger partial charge on any atom is -0.478 e. The lowest BCUT2D eigenvalue weighted by molar-refractivity contribution is 0.0695. The summed E-state index contributed by atoms with van der Waals surface area (Å²) in [6.07, 6.45) is 7.30. The van der Waals surface area contributed by atoms with Gasteiger partial charge in [-0.1, -0.05) is 26.7 Å². The fraction of sp³-hybridized carbons (Fsp3) is 0.714. The van der Waals surface area contributed by atoms with Crippen LogP contribution in [0.5, 0.6) is 0 Å². The van der Waals surface area contributed by atoms with Crippen molar-refractivity contribution >= 4 is 5.97 Å². The Morgan fingerprint density at radius 2 is 2.17 bits per heavy atom. The molecular formula is C14H22N2O2. The van der Waals surface area contributed by atoms with E-state index in [0.29, 0.717) is 17.4 Å². The van der Waals surface area contributed by atoms with Crippen LogP contribution in [0.4, 0.5) is 0 Å². The molecule has 1 aromatic heterocycles. The highest BCUT2D eigenvalue weighted by molar-refractivity contribution is 5.88. The van der Waals surface area contributed by atoms with Crippen LogP contribution in [0.1, 0.15) is 67.9 Å². The van der Waals surface area contributed by atoms with E-state index in [-0.39, 0.29) is 0 Å². The van der Waals surface area contributed by atoms with Crippen LogP contribution in [-0.4, -0.2) is 20.9 Å². The second-order valence-corrected chi connectivity index (χ2v) is 5.66. The first kappa shape index (κ1) is 13.1. The summed E-state index contributed by atoms with van der Waals surface area (Å²) in [7, 11) is 0. The van der Waals surface area contributed by atoms with Gasteiger partial charge in [0.15, 0.2) is 0 Å². The van der Waals surface area contributed by atoms with Crippen molar-refractivity contribution in [2.75, 3.05) is 0 Å². The van der Waals surface area contributed by atoms with E-state index in [4.69, 9.17) is 0 Å². The molecule has 0 atom stereocenters. The number of hydrogen-bond donors (Lipinski definition) is 1. The molecule has 100 valence electrons. The predicted molar refractivity (Wildman–Crippen MR) is 69.9 cm³/mol. The average Bonchev–Trinajstić information content (AvgIpc) is 2.95. The smallest absolute Gasteiger partial charge is 0.339 e. The van der Waals surface area contributed by atoms with Crippen molar-refractivity contribution in [2.45, 2.75) is 58.4 Å². The van der Waals surface area contributed by atoms with Gasteiger partial charge in [0.1, 0.15) is 5.56 Å². The average molecular weight is 250 g/mol. The van der Waals surface area contributed by atoms with Crippen LogP contribution >= 0.6 is 0 Å². The van der Waals surface area contributed by atoms with Crippen LogP contribution in [0.15, 0.2) is 6.20 Å². The monoisotopic (exact) mass is 250 g/mol. The van der Waals surface area contributed by atoms with Gasteiger partial charge in [-0.25, -0.2) is 4.79 Å². The highest BCUT2D eigenvalue weighted by Gasteiger charge is 2.26. The Morgan fingerprint density at radius 1 is 1.50 bits per heavy atom. The topological polar surface area (TPSA) is 55.1 Å². The first-order valence-corrected chi connectivity index (χ1v) is 6.88. The molecule has 1 saturated carbocycles. The van der Waals surface area contributed by atoms with Crippen LogP contribution in [0, 0.1) is 5.92 Å². The molecule has 0 unspecified atom stereocenters. The Balaban J connectivity index is 2.18. The van der Waals surface area contributed by atoms with Gasteiger partial charge in [-0.2, -0.15) is 5.10 Å². The minimum atomic E-state index is -0.840. The normalized spacial score (nSPS) is 16.6. The maximum Gasteiger partial charge on any atom is 0.339 e. The Labute approximate surface area is 108 Å². The second-order valence-electron chi connectivity index (χ2n) is 5.66. The van der Waals surface area contributed by atoms with Crippen LogP contribution in [0.2, 0.25) is 0 Å². The molecule has 0 spiro atoms. The number of nitrogens with zero attached hydrogens (tertiary/aromatic N) is 2. The minimum absolute atomic E-state index is 0.358. The lowest BCUT2D eigenvalue weighted by Gasteiger charge is -2.06. The highest BCUT2D eigenvalue weighted by atomic mass is 16.4. The third-order valence-corrected chi connectivity index (χ3v) is 3.70. The van der Waals surface area contributed by atoms with E-state index in [9.17, 15) is 9.90 Å². The molecule has 0 aliphatic heterocycles. The number of carboxylic acid groups (broad SMARTS) is 1. The molecule has 2 rings (SSSR count). The zero-order valence-corrected chi connectivity index (χ0v) is 11.2. The van der Waals surface area contributed by atoms with Crippen molar-refractivity contribution in [1.82, 2.24) is 9.78 Å². The summed E-state index contributed by atoms with van der Waals surface area (Å²) in [5, 5.41) is 13.8. The maximum absolute atomic E-state index is 11.3. The van der Waals surface area contributed by atoms with Crippen molar-refractivity contribution in [3.05, 3.63) is 17.5 Å². The van der Waals surface area contributed by atoms with E-state index in [2.05, 4.69) is 18.9 Å². The molecule has 0 radical (unpaired) electrons. The number of carboxylic acids is 1. The van der Waals surface area contributed by atoms with Gasteiger partial charge >= 0.3 is 5.97 Å². The van der Waals surface area contributed by atoms with Gasteiger partial charge in [-0.3, -0.25) is 4.68 Å². The maximum atomic E-state index is 11.3. The molecule has 1 N–H and O–H groups in total. The zero-order chi connectivity index (χ0) is 13.1. The molecule has 1 heterocycles. The first-order chi connectivity index (χ1) is 8.58. The summed E-state index contributed by atoms with van der Waals surface area (Å²) in [4.78, 5) is 11.3. The lowest BCUT2D eigenvalue weighted by atomic mass is 10.0. The van der Waals surface area contributed by atoms with E-state index < -0.39 is 5.97 Å². The fourth-order valence-corrected chi connectivity index (χ4v) is 2.61. The number of aromatic nitrogens is 2. The molecule has 18 heavy (non-hydrogen) atoms. The molecule has 1 aliphatic carbocycles. The number of rotatable bonds is 5. The first-order valence-electron chi connectivity index (χ1n) is 6.88. The van der Waals surface area contributed by atoms with Crippen molar-refractivity contribution in [3.8, 4) is 0 Å². The van der Waals surface area contributed by atoms with Crippen molar-refractivity contribution in [3.63, 3.8) is 0 Å². The summed E-state index contributed by atoms with van der Waals surface area (Å²) in [6, 6.07) is 0. The van der Waals surface area contributed by atoms with E-state index >= 15 is 0 Å². The van der Waals surface area contributed by atoms with Gasteiger partial charge < -0.3 is 5.11 Å². The molecule has 1 fully saturated rings. The Hall–Kier alpha value is -1.32. The van der Waals surface area contributed by atoms with Crippen LogP contribution in [0.3, 0.4) is 0 Å². The molecule has 0 saturated heterocycles. The number of hydrogen-bond acceptors (Lipinski definition) is 2. The largest absolute Gasteiger partial charge is 0.478 e. The fourth-order valence-electron chi connectivity index (χ4n) is 2.61. The second kappa shape index (κ2) is 5.55. The number of carbonyl (C=O) groups is 1. The number of aromatic carboxylic acids is 1. The molecule has 4 heteroatoms. The van der Waals surface area contributed by atoms with Crippen molar-refractivity contribution in [2.24, 2.45) is 5.92 Å². The van der Waals surface area contributed by atoms with Gasteiger partial charge in [0.25, 0.3) is 0 Å². The SMILES string of the molecule is CC(C)CCn1cc(C(=O)O)c(C2CCCC2)n1. The van der Waals surface area contributed by atoms with E-state index in [1.165, 1.54) is 12.8 Å². The van der Waals surface area contributed by atoms with Gasteiger partial charge in [0, 0.05) is 18.7 Å². The molecule has 0 bridgehead atoms. The summed E-state index contributed by atoms with van der Waals surface area (Å²) in [5.41, 5.74) is 1.22. The quantitative estimate of drug-likeness (QED) is 0.872. The van der Waals surface area contributed by atoms with Gasteiger partial charge in [0.05, 0.1) is 5.69 Å². The summed E-state index contributed by atoms with van der Waals surface area (Å²) in [5.74, 6) is 0.126. The zero-order valence-electron chi connectivity index (χ0n) is 11.2. The van der Waals surface area contributed by atoms with Crippen molar-refractivity contribution in [1.29, 1.82) is 0 Å². The molecule has 4 nitrogen and oxygen atoms in total. The lowest BCUT2D eigenvalue weighted by Crippen LogP contribution is -2.04. The Bertz CT molecular complexity index is 417.